The normalized spacial score (nSPS) is 15.0. The SMILES string of the molecule is CN=C(NCc1cccc(N(C)C)c1)N1CCN(c2ccccc2O)CC1. The van der Waals surface area contributed by atoms with E-state index in [1.54, 1.807) is 6.07 Å². The first-order valence-electron chi connectivity index (χ1n) is 9.33. The average Bonchev–Trinajstić information content (AvgIpc) is 2.69. The molecular weight excluding hydrogens is 338 g/mol. The minimum absolute atomic E-state index is 0.342. The molecule has 0 aliphatic carbocycles. The first-order chi connectivity index (χ1) is 13.1. The van der Waals surface area contributed by atoms with Crippen LogP contribution in [0.3, 0.4) is 0 Å². The van der Waals surface area contributed by atoms with Crippen LogP contribution in [0.4, 0.5) is 11.4 Å². The second kappa shape index (κ2) is 8.66. The van der Waals surface area contributed by atoms with Gasteiger partial charge in [-0.05, 0) is 29.8 Å². The van der Waals surface area contributed by atoms with Crippen molar-refractivity contribution < 1.29 is 5.11 Å². The summed E-state index contributed by atoms with van der Waals surface area (Å²) in [5.41, 5.74) is 3.33. The Morgan fingerprint density at radius 2 is 1.81 bits per heavy atom. The van der Waals surface area contributed by atoms with Crippen LogP contribution >= 0.6 is 0 Å². The summed E-state index contributed by atoms with van der Waals surface area (Å²) in [6.45, 7) is 4.19. The molecule has 2 aromatic carbocycles. The monoisotopic (exact) mass is 367 g/mol. The molecule has 2 aromatic rings. The number of anilines is 2. The molecule has 0 amide bonds. The third kappa shape index (κ3) is 4.64. The Labute approximate surface area is 161 Å². The molecule has 1 heterocycles. The van der Waals surface area contributed by atoms with Crippen LogP contribution in [-0.2, 0) is 6.54 Å². The zero-order valence-corrected chi connectivity index (χ0v) is 16.4. The molecule has 0 aromatic heterocycles. The van der Waals surface area contributed by atoms with E-state index in [1.807, 2.05) is 25.2 Å². The molecule has 1 saturated heterocycles. The number of hydrogen-bond acceptors (Lipinski definition) is 4. The summed E-state index contributed by atoms with van der Waals surface area (Å²) in [4.78, 5) is 11.1. The fourth-order valence-electron chi connectivity index (χ4n) is 3.35. The maximum atomic E-state index is 10.1. The molecule has 6 nitrogen and oxygen atoms in total. The number of aromatic hydroxyl groups is 1. The van der Waals surface area contributed by atoms with E-state index >= 15 is 0 Å². The maximum absolute atomic E-state index is 10.1. The molecule has 144 valence electrons. The number of hydrogen-bond donors (Lipinski definition) is 2. The quantitative estimate of drug-likeness (QED) is 0.642. The van der Waals surface area contributed by atoms with Crippen LogP contribution in [0, 0.1) is 0 Å². The fraction of sp³-hybridized carbons (Fsp3) is 0.381. The third-order valence-electron chi connectivity index (χ3n) is 4.89. The van der Waals surface area contributed by atoms with Crippen LogP contribution in [0.2, 0.25) is 0 Å². The molecule has 1 fully saturated rings. The molecule has 0 radical (unpaired) electrons. The minimum atomic E-state index is 0.342. The summed E-state index contributed by atoms with van der Waals surface area (Å²) in [6.07, 6.45) is 0. The van der Waals surface area contributed by atoms with Gasteiger partial charge < -0.3 is 25.1 Å². The van der Waals surface area contributed by atoms with Crippen molar-refractivity contribution in [2.45, 2.75) is 6.54 Å². The smallest absolute Gasteiger partial charge is 0.194 e. The van der Waals surface area contributed by atoms with E-state index in [0.29, 0.717) is 5.75 Å². The van der Waals surface area contributed by atoms with Gasteiger partial charge in [-0.3, -0.25) is 4.99 Å². The molecule has 0 atom stereocenters. The van der Waals surface area contributed by atoms with E-state index in [0.717, 1.165) is 44.4 Å². The minimum Gasteiger partial charge on any atom is -0.506 e. The molecule has 6 heteroatoms. The average molecular weight is 367 g/mol. The Kier molecular flexibility index (Phi) is 6.06. The van der Waals surface area contributed by atoms with E-state index in [-0.39, 0.29) is 0 Å². The molecule has 3 rings (SSSR count). The van der Waals surface area contributed by atoms with Crippen molar-refractivity contribution in [3.05, 3.63) is 54.1 Å². The van der Waals surface area contributed by atoms with Gasteiger partial charge in [-0.25, -0.2) is 0 Å². The van der Waals surface area contributed by atoms with Gasteiger partial charge in [0.25, 0.3) is 0 Å². The summed E-state index contributed by atoms with van der Waals surface area (Å²) >= 11 is 0. The third-order valence-corrected chi connectivity index (χ3v) is 4.89. The Morgan fingerprint density at radius 3 is 2.48 bits per heavy atom. The lowest BCUT2D eigenvalue weighted by molar-refractivity contribution is 0.369. The van der Waals surface area contributed by atoms with E-state index in [9.17, 15) is 5.11 Å². The molecule has 0 spiro atoms. The highest BCUT2D eigenvalue weighted by molar-refractivity contribution is 5.80. The van der Waals surface area contributed by atoms with Crippen LogP contribution in [0.25, 0.3) is 0 Å². The van der Waals surface area contributed by atoms with E-state index in [2.05, 4.69) is 63.4 Å². The van der Waals surface area contributed by atoms with Crippen LogP contribution < -0.4 is 15.1 Å². The summed E-state index contributed by atoms with van der Waals surface area (Å²) in [5, 5.41) is 13.5. The summed E-state index contributed by atoms with van der Waals surface area (Å²) in [5.74, 6) is 1.26. The number of phenols is 1. The molecule has 1 aliphatic rings. The first-order valence-corrected chi connectivity index (χ1v) is 9.33. The molecule has 1 aliphatic heterocycles. The van der Waals surface area contributed by atoms with Crippen molar-refractivity contribution in [3.8, 4) is 5.75 Å². The maximum Gasteiger partial charge on any atom is 0.194 e. The van der Waals surface area contributed by atoms with Crippen molar-refractivity contribution >= 4 is 17.3 Å². The Hall–Kier alpha value is -2.89. The lowest BCUT2D eigenvalue weighted by Crippen LogP contribution is -2.52. The first kappa shape index (κ1) is 18.9. The topological polar surface area (TPSA) is 54.3 Å². The van der Waals surface area contributed by atoms with Gasteiger partial charge in [0, 0.05) is 59.6 Å². The highest BCUT2D eigenvalue weighted by atomic mass is 16.3. The Morgan fingerprint density at radius 1 is 1.07 bits per heavy atom. The predicted octanol–water partition coefficient (Wildman–Crippen LogP) is 2.36. The summed E-state index contributed by atoms with van der Waals surface area (Å²) in [7, 11) is 5.93. The van der Waals surface area contributed by atoms with Gasteiger partial charge in [0.1, 0.15) is 5.75 Å². The van der Waals surface area contributed by atoms with Gasteiger partial charge in [0.2, 0.25) is 0 Å². The van der Waals surface area contributed by atoms with Crippen LogP contribution in [0.1, 0.15) is 5.56 Å². The van der Waals surface area contributed by atoms with Crippen molar-refractivity contribution in [3.63, 3.8) is 0 Å². The van der Waals surface area contributed by atoms with E-state index in [4.69, 9.17) is 0 Å². The van der Waals surface area contributed by atoms with Gasteiger partial charge >= 0.3 is 0 Å². The number of para-hydroxylation sites is 2. The van der Waals surface area contributed by atoms with Crippen molar-refractivity contribution in [2.75, 3.05) is 57.1 Å². The van der Waals surface area contributed by atoms with Crippen molar-refractivity contribution in [1.82, 2.24) is 10.2 Å². The van der Waals surface area contributed by atoms with Crippen LogP contribution in [0.5, 0.6) is 5.75 Å². The highest BCUT2D eigenvalue weighted by Gasteiger charge is 2.21. The molecule has 0 bridgehead atoms. The second-order valence-electron chi connectivity index (χ2n) is 6.93. The Balaban J connectivity index is 1.56. The largest absolute Gasteiger partial charge is 0.506 e. The van der Waals surface area contributed by atoms with Crippen molar-refractivity contribution in [2.24, 2.45) is 4.99 Å². The van der Waals surface area contributed by atoms with Gasteiger partial charge in [-0.1, -0.05) is 24.3 Å². The number of rotatable bonds is 4. The number of benzene rings is 2. The molecule has 0 saturated carbocycles. The zero-order chi connectivity index (χ0) is 19.2. The van der Waals surface area contributed by atoms with Gasteiger partial charge in [0.05, 0.1) is 5.69 Å². The zero-order valence-electron chi connectivity index (χ0n) is 16.4. The number of aliphatic imine (C=N–C) groups is 1. The lowest BCUT2D eigenvalue weighted by Gasteiger charge is -2.37. The number of nitrogens with one attached hydrogen (secondary N) is 1. The number of phenolic OH excluding ortho intramolecular Hbond substituents is 1. The number of guanidine groups is 1. The summed E-state index contributed by atoms with van der Waals surface area (Å²) in [6, 6.07) is 16.0. The standard InChI is InChI=1S/C21H29N5O/c1-22-21(23-16-17-7-6-8-18(15-17)24(2)3)26-13-11-25(12-14-26)19-9-4-5-10-20(19)27/h4-10,15,27H,11-14,16H2,1-3H3,(H,22,23). The van der Waals surface area contributed by atoms with Gasteiger partial charge in [0.15, 0.2) is 5.96 Å². The fourth-order valence-corrected chi connectivity index (χ4v) is 3.35. The van der Waals surface area contributed by atoms with Crippen LogP contribution in [-0.4, -0.2) is 63.3 Å². The molecule has 0 unspecified atom stereocenters. The van der Waals surface area contributed by atoms with E-state index in [1.165, 1.54) is 11.3 Å². The molecule has 2 N–H and O–H groups in total. The van der Waals surface area contributed by atoms with E-state index < -0.39 is 0 Å². The van der Waals surface area contributed by atoms with Crippen LogP contribution in [0.15, 0.2) is 53.5 Å². The molecular formula is C21H29N5O. The van der Waals surface area contributed by atoms with Gasteiger partial charge in [-0.15, -0.1) is 0 Å². The molecule has 27 heavy (non-hydrogen) atoms. The summed E-state index contributed by atoms with van der Waals surface area (Å²) < 4.78 is 0. The van der Waals surface area contributed by atoms with Crippen molar-refractivity contribution in [1.29, 1.82) is 0 Å². The number of nitrogens with zero attached hydrogens (tertiary/aromatic N) is 4. The predicted molar refractivity (Wildman–Crippen MR) is 113 cm³/mol. The lowest BCUT2D eigenvalue weighted by atomic mass is 10.2. The second-order valence-corrected chi connectivity index (χ2v) is 6.93. The van der Waals surface area contributed by atoms with Gasteiger partial charge in [-0.2, -0.15) is 0 Å². The Bertz CT molecular complexity index is 782. The number of piperazine rings is 1. The highest BCUT2D eigenvalue weighted by Crippen LogP contribution is 2.27.